The van der Waals surface area contributed by atoms with Crippen LogP contribution < -0.4 is 10.6 Å². The topological polar surface area (TPSA) is 56.7 Å². The fourth-order valence-corrected chi connectivity index (χ4v) is 2.70. The number of hydrogen-bond acceptors (Lipinski definition) is 2. The third-order valence-corrected chi connectivity index (χ3v) is 4.05. The van der Waals surface area contributed by atoms with Crippen LogP contribution in [0.25, 0.3) is 0 Å². The van der Waals surface area contributed by atoms with E-state index < -0.39 is 0 Å². The molecular weight excluding hydrogens is 403 g/mol. The lowest BCUT2D eigenvalue weighted by Crippen LogP contribution is -2.45. The molecule has 1 saturated heterocycles. The smallest absolute Gasteiger partial charge is 0.222 e. The van der Waals surface area contributed by atoms with Gasteiger partial charge in [-0.05, 0) is 24.7 Å². The van der Waals surface area contributed by atoms with Gasteiger partial charge in [0.1, 0.15) is 0 Å². The first-order valence-electron chi connectivity index (χ1n) is 8.60. The van der Waals surface area contributed by atoms with Crippen molar-refractivity contribution in [2.24, 2.45) is 10.4 Å². The van der Waals surface area contributed by atoms with Crippen LogP contribution in [0.15, 0.2) is 4.99 Å². The number of unbranched alkanes of at least 4 members (excludes halogenated alkanes) is 1. The number of halogens is 1. The van der Waals surface area contributed by atoms with Crippen LogP contribution >= 0.6 is 24.0 Å². The fraction of sp³-hybridized carbons (Fsp3) is 0.882. The van der Waals surface area contributed by atoms with E-state index in [0.29, 0.717) is 17.9 Å². The first-order chi connectivity index (χ1) is 10.4. The monoisotopic (exact) mass is 438 g/mol. The van der Waals surface area contributed by atoms with Crippen molar-refractivity contribution in [2.45, 2.75) is 65.8 Å². The van der Waals surface area contributed by atoms with Gasteiger partial charge in [0.2, 0.25) is 5.91 Å². The van der Waals surface area contributed by atoms with E-state index in [1.54, 1.807) is 7.05 Å². The quantitative estimate of drug-likeness (QED) is 0.290. The molecule has 1 atom stereocenters. The van der Waals surface area contributed by atoms with Gasteiger partial charge >= 0.3 is 0 Å². The molecule has 1 amide bonds. The van der Waals surface area contributed by atoms with Crippen molar-refractivity contribution in [1.29, 1.82) is 0 Å². The third kappa shape index (κ3) is 9.37. The minimum atomic E-state index is 0. The number of carbonyl (C=O) groups is 1. The lowest BCUT2D eigenvalue weighted by atomic mass is 9.90. The van der Waals surface area contributed by atoms with Gasteiger partial charge in [0.05, 0.1) is 0 Å². The number of guanidine groups is 1. The van der Waals surface area contributed by atoms with Gasteiger partial charge < -0.3 is 15.5 Å². The number of hydrogen-bond donors (Lipinski definition) is 2. The van der Waals surface area contributed by atoms with Crippen LogP contribution in [0.1, 0.15) is 59.8 Å². The molecule has 0 aromatic rings. The van der Waals surface area contributed by atoms with E-state index in [4.69, 9.17) is 0 Å². The zero-order chi connectivity index (χ0) is 16.6. The van der Waals surface area contributed by atoms with Gasteiger partial charge in [0.25, 0.3) is 0 Å². The van der Waals surface area contributed by atoms with E-state index in [0.717, 1.165) is 38.4 Å². The van der Waals surface area contributed by atoms with Gasteiger partial charge in [-0.1, -0.05) is 34.1 Å². The molecule has 0 spiro atoms. The van der Waals surface area contributed by atoms with Crippen LogP contribution in [-0.4, -0.2) is 49.5 Å². The van der Waals surface area contributed by atoms with Gasteiger partial charge in [-0.2, -0.15) is 0 Å². The van der Waals surface area contributed by atoms with Crippen LogP contribution in [0.4, 0.5) is 0 Å². The van der Waals surface area contributed by atoms with Crippen molar-refractivity contribution in [3.8, 4) is 0 Å². The molecule has 0 aliphatic carbocycles. The third-order valence-electron chi connectivity index (χ3n) is 4.05. The summed E-state index contributed by atoms with van der Waals surface area (Å²) in [5, 5.41) is 6.80. The zero-order valence-corrected chi connectivity index (χ0v) is 17.8. The molecule has 1 unspecified atom stereocenters. The van der Waals surface area contributed by atoms with Crippen LogP contribution in [0.5, 0.6) is 0 Å². The number of nitrogens with zero attached hydrogens (tertiary/aromatic N) is 2. The van der Waals surface area contributed by atoms with Crippen molar-refractivity contribution < 1.29 is 4.79 Å². The lowest BCUT2D eigenvalue weighted by molar-refractivity contribution is -0.129. The second kappa shape index (κ2) is 11.1. The Morgan fingerprint density at radius 2 is 2.00 bits per heavy atom. The number of aliphatic imine (C=N–C) groups is 1. The highest BCUT2D eigenvalue weighted by molar-refractivity contribution is 14.0. The minimum absolute atomic E-state index is 0. The molecule has 23 heavy (non-hydrogen) atoms. The van der Waals surface area contributed by atoms with Gasteiger partial charge in [-0.3, -0.25) is 9.79 Å². The molecule has 136 valence electrons. The molecule has 0 radical (unpaired) electrons. The number of carbonyl (C=O) groups excluding carboxylic acids is 1. The Labute approximate surface area is 159 Å². The summed E-state index contributed by atoms with van der Waals surface area (Å²) in [5.41, 5.74) is 0.416. The number of amides is 1. The fourth-order valence-electron chi connectivity index (χ4n) is 2.70. The van der Waals surface area contributed by atoms with Crippen molar-refractivity contribution in [1.82, 2.24) is 15.5 Å². The van der Waals surface area contributed by atoms with Crippen LogP contribution in [0, 0.1) is 5.41 Å². The Bertz CT molecular complexity index is 379. The minimum Gasteiger partial charge on any atom is -0.356 e. The average Bonchev–Trinajstić information content (AvgIpc) is 2.92. The molecule has 0 aromatic carbocycles. The maximum Gasteiger partial charge on any atom is 0.222 e. The van der Waals surface area contributed by atoms with Crippen LogP contribution in [-0.2, 0) is 4.79 Å². The molecule has 0 saturated carbocycles. The number of rotatable bonds is 6. The molecular formula is C17H35IN4O. The van der Waals surface area contributed by atoms with E-state index >= 15 is 0 Å². The lowest BCUT2D eigenvalue weighted by Gasteiger charge is -2.20. The normalized spacial score (nSPS) is 18.6. The van der Waals surface area contributed by atoms with Gasteiger partial charge in [0.15, 0.2) is 5.96 Å². The average molecular weight is 438 g/mol. The highest BCUT2D eigenvalue weighted by Crippen LogP contribution is 2.21. The summed E-state index contributed by atoms with van der Waals surface area (Å²) in [6.07, 6.45) is 5.22. The van der Waals surface area contributed by atoms with Gasteiger partial charge in [-0.25, -0.2) is 0 Å². The molecule has 1 fully saturated rings. The Morgan fingerprint density at radius 1 is 1.30 bits per heavy atom. The van der Waals surface area contributed by atoms with Crippen molar-refractivity contribution in [3.05, 3.63) is 0 Å². The van der Waals surface area contributed by atoms with Crippen LogP contribution in [0.3, 0.4) is 0 Å². The molecule has 1 aliphatic heterocycles. The summed E-state index contributed by atoms with van der Waals surface area (Å²) in [6.45, 7) is 11.4. The Hall–Kier alpha value is -0.530. The van der Waals surface area contributed by atoms with Gasteiger partial charge in [-0.15, -0.1) is 24.0 Å². The van der Waals surface area contributed by atoms with Crippen molar-refractivity contribution in [2.75, 3.05) is 26.7 Å². The largest absolute Gasteiger partial charge is 0.356 e. The molecule has 1 heterocycles. The van der Waals surface area contributed by atoms with E-state index in [-0.39, 0.29) is 29.9 Å². The second-order valence-corrected chi connectivity index (χ2v) is 7.34. The predicted octanol–water partition coefficient (Wildman–Crippen LogP) is 3.00. The van der Waals surface area contributed by atoms with E-state index in [1.807, 2.05) is 11.8 Å². The summed E-state index contributed by atoms with van der Waals surface area (Å²) in [7, 11) is 1.80. The maximum absolute atomic E-state index is 11.7. The molecule has 1 rings (SSSR count). The van der Waals surface area contributed by atoms with Gasteiger partial charge in [0, 0.05) is 39.1 Å². The van der Waals surface area contributed by atoms with Crippen LogP contribution in [0.2, 0.25) is 0 Å². The van der Waals surface area contributed by atoms with E-state index in [9.17, 15) is 4.79 Å². The second-order valence-electron chi connectivity index (χ2n) is 7.34. The standard InChI is InChI=1S/C17H34N4O.HI/c1-6-15(22)21-12-9-14(13-21)20-16(18-5)19-11-8-7-10-17(2,3)4;/h14H,6-13H2,1-5H3,(H2,18,19,20);1H. The first kappa shape index (κ1) is 22.5. The highest BCUT2D eigenvalue weighted by Gasteiger charge is 2.25. The zero-order valence-electron chi connectivity index (χ0n) is 15.4. The molecule has 5 nitrogen and oxygen atoms in total. The van der Waals surface area contributed by atoms with E-state index in [1.165, 1.54) is 12.8 Å². The predicted molar refractivity (Wildman–Crippen MR) is 108 cm³/mol. The van der Waals surface area contributed by atoms with E-state index in [2.05, 4.69) is 36.4 Å². The Kier molecular flexibility index (Phi) is 10.8. The number of likely N-dealkylation sites (tertiary alicyclic amines) is 1. The molecule has 0 bridgehead atoms. The maximum atomic E-state index is 11.7. The SMILES string of the molecule is CCC(=O)N1CCC(NC(=NC)NCCCCC(C)(C)C)C1.I. The van der Waals surface area contributed by atoms with Crippen molar-refractivity contribution in [3.63, 3.8) is 0 Å². The summed E-state index contributed by atoms with van der Waals surface area (Å²) in [5.74, 6) is 1.10. The summed E-state index contributed by atoms with van der Waals surface area (Å²) >= 11 is 0. The molecule has 1 aliphatic rings. The summed E-state index contributed by atoms with van der Waals surface area (Å²) in [6, 6.07) is 0.316. The number of nitrogens with one attached hydrogen (secondary N) is 2. The summed E-state index contributed by atoms with van der Waals surface area (Å²) in [4.78, 5) is 17.9. The first-order valence-corrected chi connectivity index (χ1v) is 8.60. The molecule has 6 heteroatoms. The Balaban J connectivity index is 0.00000484. The molecule has 0 aromatic heterocycles. The highest BCUT2D eigenvalue weighted by atomic mass is 127. The molecule has 2 N–H and O–H groups in total. The van der Waals surface area contributed by atoms with Crippen molar-refractivity contribution >= 4 is 35.8 Å². The summed E-state index contributed by atoms with van der Waals surface area (Å²) < 4.78 is 0. The Morgan fingerprint density at radius 3 is 2.57 bits per heavy atom.